The van der Waals surface area contributed by atoms with Crippen molar-refractivity contribution in [3.63, 3.8) is 0 Å². The van der Waals surface area contributed by atoms with Crippen molar-refractivity contribution in [2.24, 2.45) is 5.73 Å². The highest BCUT2D eigenvalue weighted by Gasteiger charge is 2.29. The predicted octanol–water partition coefficient (Wildman–Crippen LogP) is 1.69. The van der Waals surface area contributed by atoms with Gasteiger partial charge in [-0.25, -0.2) is 4.79 Å². The van der Waals surface area contributed by atoms with E-state index in [2.05, 4.69) is 16.0 Å². The highest BCUT2D eigenvalue weighted by molar-refractivity contribution is 6.02. The number of benzene rings is 3. The van der Waals surface area contributed by atoms with Crippen LogP contribution in [0.3, 0.4) is 0 Å². The number of carboxylic acid groups (broad SMARTS) is 1. The molecule has 0 aliphatic carbocycles. The molecule has 0 bridgehead atoms. The lowest BCUT2D eigenvalue weighted by atomic mass is 10.0. The number of hydrogen-bond donors (Lipinski definition) is 6. The number of phenolic OH excluding ortho intramolecular Hbond substituents is 1. The van der Waals surface area contributed by atoms with Crippen molar-refractivity contribution in [2.75, 3.05) is 27.4 Å². The van der Waals surface area contributed by atoms with Gasteiger partial charge in [-0.3, -0.25) is 29.3 Å². The molecule has 3 aromatic rings. The van der Waals surface area contributed by atoms with Crippen molar-refractivity contribution < 1.29 is 53.3 Å². The molecule has 0 saturated carbocycles. The molecule has 0 aromatic heterocycles. The van der Waals surface area contributed by atoms with E-state index in [0.717, 1.165) is 12.1 Å². The molecule has 7 N–H and O–H groups in total. The standard InChI is InChI=1S/C33H37N5O12/c1-48-26-10-6-11-27(49-2)29(26)33(45)36-22(9-3-4-14-35-31(43)20-7-5-8-21(17-20)50-18-28(40)41)32(44)37-23(30(34)42)15-19-12-13-24(38(46)47)25(39)16-19/h5-8,10-13,16-17,22-23,39H,3-4,9,14-15,18H2,1-2H3,(H2,34,42)(H,35,43)(H,36,45)(H,37,44)(H,40,41)/t22-,23-/m0/s1. The molecule has 3 rings (SSSR count). The first-order valence-corrected chi connectivity index (χ1v) is 15.1. The molecule has 0 spiro atoms. The quantitative estimate of drug-likeness (QED) is 0.0595. The molecule has 3 aromatic carbocycles. The molecule has 4 amide bonds. The molecule has 17 nitrogen and oxygen atoms in total. The molecule has 0 radical (unpaired) electrons. The normalized spacial score (nSPS) is 11.7. The van der Waals surface area contributed by atoms with E-state index in [4.69, 9.17) is 25.1 Å². The molecule has 0 saturated heterocycles. The van der Waals surface area contributed by atoms with Crippen molar-refractivity contribution in [1.82, 2.24) is 16.0 Å². The lowest BCUT2D eigenvalue weighted by Gasteiger charge is -2.23. The molecule has 17 heteroatoms. The molecule has 266 valence electrons. The number of amides is 4. The zero-order valence-electron chi connectivity index (χ0n) is 27.2. The Kier molecular flexibility index (Phi) is 13.9. The van der Waals surface area contributed by atoms with Gasteiger partial charge in [0, 0.05) is 24.6 Å². The number of ether oxygens (including phenoxy) is 3. The maximum absolute atomic E-state index is 13.6. The fraction of sp³-hybridized carbons (Fsp3) is 0.303. The van der Waals surface area contributed by atoms with Crippen LogP contribution in [0, 0.1) is 10.1 Å². The lowest BCUT2D eigenvalue weighted by Crippen LogP contribution is -2.53. The van der Waals surface area contributed by atoms with Gasteiger partial charge in [-0.15, -0.1) is 0 Å². The summed E-state index contributed by atoms with van der Waals surface area (Å²) in [6.07, 6.45) is 0.496. The van der Waals surface area contributed by atoms with Gasteiger partial charge in [0.2, 0.25) is 11.8 Å². The number of carbonyl (C=O) groups is 5. The van der Waals surface area contributed by atoms with Gasteiger partial charge in [-0.05, 0) is 61.2 Å². The number of nitrogens with two attached hydrogens (primary N) is 1. The average molecular weight is 696 g/mol. The maximum Gasteiger partial charge on any atom is 0.341 e. The minimum absolute atomic E-state index is 0.0185. The Morgan fingerprint density at radius 1 is 0.900 bits per heavy atom. The number of rotatable bonds is 19. The predicted molar refractivity (Wildman–Crippen MR) is 176 cm³/mol. The summed E-state index contributed by atoms with van der Waals surface area (Å²) in [5.41, 5.74) is 5.54. The van der Waals surface area contributed by atoms with Crippen LogP contribution in [0.25, 0.3) is 0 Å². The highest BCUT2D eigenvalue weighted by Crippen LogP contribution is 2.29. The zero-order valence-corrected chi connectivity index (χ0v) is 27.2. The van der Waals surface area contributed by atoms with E-state index in [-0.39, 0.29) is 53.3 Å². The Balaban J connectivity index is 1.72. The van der Waals surface area contributed by atoms with Crippen molar-refractivity contribution in [1.29, 1.82) is 0 Å². The number of primary amides is 1. The van der Waals surface area contributed by atoms with Crippen LogP contribution in [0.5, 0.6) is 23.0 Å². The summed E-state index contributed by atoms with van der Waals surface area (Å²) in [6.45, 7) is -0.393. The maximum atomic E-state index is 13.6. The average Bonchev–Trinajstić information content (AvgIpc) is 3.08. The first kappa shape index (κ1) is 38.1. The Morgan fingerprint density at radius 3 is 2.18 bits per heavy atom. The largest absolute Gasteiger partial charge is 0.502 e. The molecule has 0 aliphatic heterocycles. The smallest absolute Gasteiger partial charge is 0.341 e. The topological polar surface area (TPSA) is 259 Å². The molecular formula is C33H37N5O12. The van der Waals surface area contributed by atoms with Gasteiger partial charge >= 0.3 is 11.7 Å². The summed E-state index contributed by atoms with van der Waals surface area (Å²) in [5.74, 6) is -4.12. The summed E-state index contributed by atoms with van der Waals surface area (Å²) >= 11 is 0. The summed E-state index contributed by atoms with van der Waals surface area (Å²) in [4.78, 5) is 73.1. The van der Waals surface area contributed by atoms with Gasteiger partial charge in [-0.1, -0.05) is 18.2 Å². The van der Waals surface area contributed by atoms with Gasteiger partial charge < -0.3 is 46.1 Å². The number of unbranched alkanes of at least 4 members (excludes halogenated alkanes) is 1. The number of nitro groups is 1. The Bertz CT molecular complexity index is 1710. The summed E-state index contributed by atoms with van der Waals surface area (Å²) in [6, 6.07) is 11.6. The molecule has 0 heterocycles. The van der Waals surface area contributed by atoms with E-state index in [1.807, 2.05) is 0 Å². The first-order chi connectivity index (χ1) is 23.8. The fourth-order valence-corrected chi connectivity index (χ4v) is 4.80. The number of aromatic hydroxyl groups is 1. The monoisotopic (exact) mass is 695 g/mol. The van der Waals surface area contributed by atoms with Gasteiger partial charge in [0.1, 0.15) is 34.9 Å². The number of carbonyl (C=O) groups excluding carboxylic acids is 4. The Hall–Kier alpha value is -6.39. The van der Waals surface area contributed by atoms with Crippen molar-refractivity contribution >= 4 is 35.3 Å². The molecule has 0 aliphatic rings. The summed E-state index contributed by atoms with van der Waals surface area (Å²) in [5, 5.41) is 37.7. The van der Waals surface area contributed by atoms with E-state index < -0.39 is 64.6 Å². The fourth-order valence-electron chi connectivity index (χ4n) is 4.80. The number of phenols is 1. The second-order valence-corrected chi connectivity index (χ2v) is 10.8. The van der Waals surface area contributed by atoms with E-state index in [0.29, 0.717) is 12.8 Å². The second-order valence-electron chi connectivity index (χ2n) is 10.8. The van der Waals surface area contributed by atoms with Gasteiger partial charge in [0.15, 0.2) is 12.4 Å². The van der Waals surface area contributed by atoms with Crippen molar-refractivity contribution in [2.45, 2.75) is 37.8 Å². The third-order valence-electron chi connectivity index (χ3n) is 7.28. The number of aliphatic carboxylic acids is 1. The van der Waals surface area contributed by atoms with E-state index in [1.165, 1.54) is 50.6 Å². The number of carboxylic acids is 1. The second kappa shape index (κ2) is 18.2. The van der Waals surface area contributed by atoms with E-state index >= 15 is 0 Å². The Morgan fingerprint density at radius 2 is 1.58 bits per heavy atom. The number of nitro benzene ring substituents is 1. The van der Waals surface area contributed by atoms with Gasteiger partial charge in [0.25, 0.3) is 11.8 Å². The SMILES string of the molecule is COc1cccc(OC)c1C(=O)N[C@@H](CCCCNC(=O)c1cccc(OCC(=O)O)c1)C(=O)N[C@@H](Cc1ccc([N+](=O)[O-])c(O)c1)C(N)=O. The lowest BCUT2D eigenvalue weighted by molar-refractivity contribution is -0.385. The number of nitrogens with zero attached hydrogens (tertiary/aromatic N) is 1. The van der Waals surface area contributed by atoms with Crippen LogP contribution in [0.2, 0.25) is 0 Å². The third-order valence-corrected chi connectivity index (χ3v) is 7.28. The number of nitrogens with one attached hydrogen (secondary N) is 3. The van der Waals surface area contributed by atoms with E-state index in [1.54, 1.807) is 12.1 Å². The summed E-state index contributed by atoms with van der Waals surface area (Å²) in [7, 11) is 2.72. The minimum Gasteiger partial charge on any atom is -0.502 e. The van der Waals surface area contributed by atoms with Crippen LogP contribution in [0.4, 0.5) is 5.69 Å². The van der Waals surface area contributed by atoms with Crippen molar-refractivity contribution in [3.8, 4) is 23.0 Å². The Labute approximate surface area is 285 Å². The van der Waals surface area contributed by atoms with Crippen LogP contribution < -0.4 is 35.9 Å². The molecule has 50 heavy (non-hydrogen) atoms. The van der Waals surface area contributed by atoms with Crippen LogP contribution in [-0.4, -0.2) is 84.2 Å². The zero-order chi connectivity index (χ0) is 36.8. The first-order valence-electron chi connectivity index (χ1n) is 15.1. The minimum atomic E-state index is -1.32. The third kappa shape index (κ3) is 10.8. The molecule has 0 fully saturated rings. The van der Waals surface area contributed by atoms with Crippen LogP contribution in [0.15, 0.2) is 60.7 Å². The van der Waals surface area contributed by atoms with Crippen LogP contribution in [-0.2, 0) is 20.8 Å². The molecule has 2 atom stereocenters. The highest BCUT2D eigenvalue weighted by atomic mass is 16.6. The molecular weight excluding hydrogens is 658 g/mol. The summed E-state index contributed by atoms with van der Waals surface area (Å²) < 4.78 is 15.7. The van der Waals surface area contributed by atoms with Gasteiger partial charge in [0.05, 0.1) is 19.1 Å². The van der Waals surface area contributed by atoms with Crippen LogP contribution in [0.1, 0.15) is 45.5 Å². The van der Waals surface area contributed by atoms with Gasteiger partial charge in [-0.2, -0.15) is 0 Å². The van der Waals surface area contributed by atoms with Crippen LogP contribution >= 0.6 is 0 Å². The van der Waals surface area contributed by atoms with E-state index in [9.17, 15) is 39.2 Å². The molecule has 0 unspecified atom stereocenters. The number of methoxy groups -OCH3 is 2. The number of hydrogen-bond acceptors (Lipinski definition) is 11. The van der Waals surface area contributed by atoms with Crippen molar-refractivity contribution in [3.05, 3.63) is 87.5 Å².